The van der Waals surface area contributed by atoms with Gasteiger partial charge in [-0.05, 0) is 55.2 Å². The Morgan fingerprint density at radius 3 is 2.72 bits per heavy atom. The van der Waals surface area contributed by atoms with Crippen LogP contribution in [0.5, 0.6) is 0 Å². The minimum atomic E-state index is 0.504. The van der Waals surface area contributed by atoms with Crippen LogP contribution in [0.4, 0.5) is 11.9 Å². The fraction of sp³-hybridized carbons (Fsp3) is 0.273. The van der Waals surface area contributed by atoms with Crippen LogP contribution in [-0.2, 0) is 0 Å². The van der Waals surface area contributed by atoms with Crippen molar-refractivity contribution in [2.45, 2.75) is 19.8 Å². The third kappa shape index (κ3) is 5.09. The predicted molar refractivity (Wildman–Crippen MR) is 120 cm³/mol. The van der Waals surface area contributed by atoms with E-state index in [-0.39, 0.29) is 0 Å². The number of nitrogens with one attached hydrogen (secondary N) is 1. The van der Waals surface area contributed by atoms with Gasteiger partial charge in [-0.1, -0.05) is 42.0 Å². The number of nitrogens with zero attached hydrogens (tertiary/aromatic N) is 5. The molecule has 7 heteroatoms. The van der Waals surface area contributed by atoms with E-state index in [2.05, 4.69) is 36.2 Å². The molecule has 1 N–H and O–H groups in total. The van der Waals surface area contributed by atoms with Crippen molar-refractivity contribution in [3.05, 3.63) is 64.5 Å². The van der Waals surface area contributed by atoms with E-state index in [0.717, 1.165) is 42.9 Å². The molecule has 1 aromatic heterocycles. The Hall–Kier alpha value is -2.99. The van der Waals surface area contributed by atoms with Crippen LogP contribution in [0.1, 0.15) is 31.2 Å². The molecule has 0 unspecified atom stereocenters. The third-order valence-corrected chi connectivity index (χ3v) is 4.91. The van der Waals surface area contributed by atoms with Gasteiger partial charge in [-0.25, -0.2) is 0 Å². The van der Waals surface area contributed by atoms with Crippen molar-refractivity contribution in [3.8, 4) is 0 Å². The van der Waals surface area contributed by atoms with Gasteiger partial charge >= 0.3 is 0 Å². The average Bonchev–Trinajstić information content (AvgIpc) is 3.39. The minimum Gasteiger partial charge on any atom is -0.341 e. The number of hydrogen-bond donors (Lipinski definition) is 1. The summed E-state index contributed by atoms with van der Waals surface area (Å²) in [4.78, 5) is 20.5. The number of halogens is 1. The van der Waals surface area contributed by atoms with Crippen LogP contribution in [0.25, 0.3) is 12.2 Å². The lowest BCUT2D eigenvalue weighted by Crippen LogP contribution is -2.22. The van der Waals surface area contributed by atoms with Gasteiger partial charge in [0.25, 0.3) is 0 Å². The third-order valence-electron chi connectivity index (χ3n) is 4.68. The summed E-state index contributed by atoms with van der Waals surface area (Å²) in [5.41, 5.74) is 2.15. The van der Waals surface area contributed by atoms with E-state index in [1.165, 1.54) is 0 Å². The Balaban J connectivity index is 1.60. The standard InChI is InChI=1S/C22H23ClN6/c1-2-6-17-14-20(24-15-17)26-21-25-19(10-9-16-7-5-8-18(23)13-16)27-22(28-21)29-11-3-4-12-29/h2,5-10,13-14H,3-4,11-12,15H2,1H3,(H,24,25,26,27,28)/b6-2+,10-9+. The Morgan fingerprint density at radius 1 is 1.07 bits per heavy atom. The summed E-state index contributed by atoms with van der Waals surface area (Å²) < 4.78 is 0. The van der Waals surface area contributed by atoms with Crippen molar-refractivity contribution in [3.63, 3.8) is 0 Å². The molecule has 2 aromatic rings. The molecule has 3 heterocycles. The second-order valence-electron chi connectivity index (χ2n) is 6.95. The summed E-state index contributed by atoms with van der Waals surface area (Å²) in [7, 11) is 0. The number of rotatable bonds is 5. The quantitative estimate of drug-likeness (QED) is 0.784. The predicted octanol–water partition coefficient (Wildman–Crippen LogP) is 4.62. The zero-order chi connectivity index (χ0) is 20.1. The molecule has 2 aliphatic rings. The van der Waals surface area contributed by atoms with Gasteiger partial charge in [0.05, 0.1) is 6.54 Å². The number of aliphatic imine (C=N–C) groups is 1. The molecule has 0 aliphatic carbocycles. The summed E-state index contributed by atoms with van der Waals surface area (Å²) in [6, 6.07) is 7.67. The highest BCUT2D eigenvalue weighted by atomic mass is 35.5. The summed E-state index contributed by atoms with van der Waals surface area (Å²) in [6.45, 7) is 4.59. The molecule has 29 heavy (non-hydrogen) atoms. The van der Waals surface area contributed by atoms with Crippen molar-refractivity contribution in [2.24, 2.45) is 4.99 Å². The van der Waals surface area contributed by atoms with Crippen LogP contribution in [0.3, 0.4) is 0 Å². The Bertz CT molecular complexity index is 1000. The summed E-state index contributed by atoms with van der Waals surface area (Å²) >= 11 is 6.08. The molecule has 0 bridgehead atoms. The molecule has 1 aromatic carbocycles. The van der Waals surface area contributed by atoms with E-state index in [1.54, 1.807) is 0 Å². The van der Waals surface area contributed by atoms with Crippen LogP contribution in [0, 0.1) is 0 Å². The van der Waals surface area contributed by atoms with Gasteiger partial charge in [-0.3, -0.25) is 4.99 Å². The number of hydrogen-bond acceptors (Lipinski definition) is 6. The highest BCUT2D eigenvalue weighted by molar-refractivity contribution is 6.30. The molecule has 0 saturated carbocycles. The van der Waals surface area contributed by atoms with Gasteiger partial charge in [0.15, 0.2) is 5.82 Å². The average molecular weight is 407 g/mol. The first kappa shape index (κ1) is 19.3. The van der Waals surface area contributed by atoms with Crippen molar-refractivity contribution in [2.75, 3.05) is 29.9 Å². The number of amidine groups is 1. The van der Waals surface area contributed by atoms with Crippen LogP contribution < -0.4 is 10.2 Å². The van der Waals surface area contributed by atoms with E-state index >= 15 is 0 Å². The smallest absolute Gasteiger partial charge is 0.233 e. The highest BCUT2D eigenvalue weighted by Crippen LogP contribution is 2.19. The first-order valence-electron chi connectivity index (χ1n) is 9.79. The fourth-order valence-electron chi connectivity index (χ4n) is 3.30. The molecular weight excluding hydrogens is 384 g/mol. The molecule has 1 saturated heterocycles. The zero-order valence-electron chi connectivity index (χ0n) is 16.3. The van der Waals surface area contributed by atoms with Gasteiger partial charge in [-0.2, -0.15) is 15.0 Å². The highest BCUT2D eigenvalue weighted by Gasteiger charge is 2.17. The van der Waals surface area contributed by atoms with E-state index in [4.69, 9.17) is 11.6 Å². The lowest BCUT2D eigenvalue weighted by Gasteiger charge is -2.16. The van der Waals surface area contributed by atoms with Gasteiger partial charge < -0.3 is 10.2 Å². The monoisotopic (exact) mass is 406 g/mol. The van der Waals surface area contributed by atoms with Crippen molar-refractivity contribution in [1.82, 2.24) is 15.0 Å². The Kier molecular flexibility index (Phi) is 6.00. The fourth-order valence-corrected chi connectivity index (χ4v) is 3.50. The summed E-state index contributed by atoms with van der Waals surface area (Å²) in [5.74, 6) is 2.56. The van der Waals surface area contributed by atoms with Crippen molar-refractivity contribution >= 4 is 41.5 Å². The molecule has 6 nitrogen and oxygen atoms in total. The molecule has 0 amide bonds. The normalized spacial score (nSPS) is 16.7. The van der Waals surface area contributed by atoms with E-state index in [0.29, 0.717) is 29.3 Å². The first-order valence-corrected chi connectivity index (χ1v) is 10.2. The van der Waals surface area contributed by atoms with E-state index in [9.17, 15) is 0 Å². The van der Waals surface area contributed by atoms with Gasteiger partial charge in [0.2, 0.25) is 11.9 Å². The van der Waals surface area contributed by atoms with Crippen LogP contribution in [0.15, 0.2) is 53.1 Å². The minimum absolute atomic E-state index is 0.504. The van der Waals surface area contributed by atoms with Crippen LogP contribution in [0.2, 0.25) is 5.02 Å². The molecule has 2 aliphatic heterocycles. The largest absolute Gasteiger partial charge is 0.341 e. The molecule has 1 fully saturated rings. The molecular formula is C22H23ClN6. The van der Waals surface area contributed by atoms with Gasteiger partial charge in [0.1, 0.15) is 5.84 Å². The molecule has 0 radical (unpaired) electrons. The maximum atomic E-state index is 6.08. The molecule has 0 spiro atoms. The Morgan fingerprint density at radius 2 is 1.93 bits per heavy atom. The molecule has 4 rings (SSSR count). The van der Waals surface area contributed by atoms with Crippen molar-refractivity contribution < 1.29 is 0 Å². The second-order valence-corrected chi connectivity index (χ2v) is 7.38. The molecule has 148 valence electrons. The van der Waals surface area contributed by atoms with Gasteiger partial charge in [0, 0.05) is 18.1 Å². The molecule has 0 atom stereocenters. The van der Waals surface area contributed by atoms with Crippen LogP contribution >= 0.6 is 11.6 Å². The van der Waals surface area contributed by atoms with E-state index < -0.39 is 0 Å². The van der Waals surface area contributed by atoms with Gasteiger partial charge in [-0.15, -0.1) is 0 Å². The maximum absolute atomic E-state index is 6.08. The SMILES string of the molecule is C/C=C/C1=CC(Nc2nc(/C=C/c3cccc(Cl)c3)nc(N3CCCC3)n2)=NC1. The number of benzene rings is 1. The lowest BCUT2D eigenvalue weighted by molar-refractivity contribution is 0.878. The maximum Gasteiger partial charge on any atom is 0.233 e. The van der Waals surface area contributed by atoms with Crippen molar-refractivity contribution in [1.29, 1.82) is 0 Å². The van der Waals surface area contributed by atoms with E-state index in [1.807, 2.05) is 55.5 Å². The number of anilines is 2. The number of aromatic nitrogens is 3. The van der Waals surface area contributed by atoms with Crippen LogP contribution in [-0.4, -0.2) is 40.4 Å². The number of allylic oxidation sites excluding steroid dienone is 1. The summed E-state index contributed by atoms with van der Waals surface area (Å²) in [6.07, 6.45) is 12.2. The topological polar surface area (TPSA) is 66.3 Å². The lowest BCUT2D eigenvalue weighted by atomic mass is 10.2. The zero-order valence-corrected chi connectivity index (χ0v) is 17.1. The summed E-state index contributed by atoms with van der Waals surface area (Å²) in [5, 5.41) is 3.94. The second kappa shape index (κ2) is 9.01. The first-order chi connectivity index (χ1) is 14.2. The Labute approximate surface area is 175 Å².